The van der Waals surface area contributed by atoms with Crippen LogP contribution in [0, 0.1) is 0 Å². The van der Waals surface area contributed by atoms with Crippen LogP contribution >= 0.6 is 23.2 Å². The summed E-state index contributed by atoms with van der Waals surface area (Å²) in [5.74, 6) is 0.832. The van der Waals surface area contributed by atoms with Gasteiger partial charge in [-0.3, -0.25) is 0 Å². The number of halogens is 2. The van der Waals surface area contributed by atoms with Gasteiger partial charge in [0.05, 0.1) is 7.11 Å². The fourth-order valence-corrected chi connectivity index (χ4v) is 2.51. The van der Waals surface area contributed by atoms with Crippen molar-refractivity contribution >= 4 is 23.2 Å². The molecule has 2 rings (SSSR count). The number of methoxy groups -OCH3 is 1. The predicted molar refractivity (Wildman–Crippen MR) is 81.2 cm³/mol. The highest BCUT2D eigenvalue weighted by molar-refractivity contribution is 6.36. The van der Waals surface area contributed by atoms with Crippen molar-refractivity contribution in [2.75, 3.05) is 14.2 Å². The fraction of sp³-hybridized carbons (Fsp3) is 0.200. The summed E-state index contributed by atoms with van der Waals surface area (Å²) >= 11 is 12.2. The molecule has 0 bridgehead atoms. The summed E-state index contributed by atoms with van der Waals surface area (Å²) in [5.41, 5.74) is 3.18. The third-order valence-electron chi connectivity index (χ3n) is 2.90. The summed E-state index contributed by atoms with van der Waals surface area (Å²) in [7, 11) is 3.57. The number of benzene rings is 2. The summed E-state index contributed by atoms with van der Waals surface area (Å²) in [5, 5.41) is 4.44. The van der Waals surface area contributed by atoms with Gasteiger partial charge in [0.2, 0.25) is 0 Å². The molecule has 0 amide bonds. The summed E-state index contributed by atoms with van der Waals surface area (Å²) in [6, 6.07) is 11.5. The molecule has 19 heavy (non-hydrogen) atoms. The van der Waals surface area contributed by atoms with E-state index in [1.54, 1.807) is 13.2 Å². The van der Waals surface area contributed by atoms with E-state index in [9.17, 15) is 0 Å². The normalized spacial score (nSPS) is 10.5. The Balaban J connectivity index is 2.54. The van der Waals surface area contributed by atoms with E-state index >= 15 is 0 Å². The topological polar surface area (TPSA) is 21.3 Å². The Kier molecular flexibility index (Phi) is 4.70. The van der Waals surface area contributed by atoms with Gasteiger partial charge in [0, 0.05) is 22.2 Å². The molecule has 0 atom stereocenters. The molecule has 0 aliphatic carbocycles. The molecule has 1 N–H and O–H groups in total. The van der Waals surface area contributed by atoms with Gasteiger partial charge in [0.25, 0.3) is 0 Å². The molecule has 2 aromatic carbocycles. The van der Waals surface area contributed by atoms with E-state index in [2.05, 4.69) is 5.32 Å². The second kappa shape index (κ2) is 6.29. The Morgan fingerprint density at radius 2 is 1.79 bits per heavy atom. The van der Waals surface area contributed by atoms with Crippen molar-refractivity contribution in [3.63, 3.8) is 0 Å². The molecule has 0 saturated heterocycles. The van der Waals surface area contributed by atoms with Crippen LogP contribution in [-0.4, -0.2) is 14.2 Å². The van der Waals surface area contributed by atoms with Crippen molar-refractivity contribution in [3.8, 4) is 16.9 Å². The summed E-state index contributed by atoms with van der Waals surface area (Å²) in [4.78, 5) is 0. The zero-order valence-corrected chi connectivity index (χ0v) is 12.3. The van der Waals surface area contributed by atoms with Gasteiger partial charge in [-0.25, -0.2) is 0 Å². The molecule has 2 nitrogen and oxygen atoms in total. The number of rotatable bonds is 4. The maximum Gasteiger partial charge on any atom is 0.119 e. The Morgan fingerprint density at radius 1 is 1.05 bits per heavy atom. The Morgan fingerprint density at radius 3 is 2.42 bits per heavy atom. The van der Waals surface area contributed by atoms with Crippen LogP contribution in [0.4, 0.5) is 0 Å². The lowest BCUT2D eigenvalue weighted by molar-refractivity contribution is 0.414. The molecule has 100 valence electrons. The number of nitrogens with one attached hydrogen (secondary N) is 1. The van der Waals surface area contributed by atoms with Crippen molar-refractivity contribution in [1.29, 1.82) is 0 Å². The van der Waals surface area contributed by atoms with Crippen LogP contribution in [0.3, 0.4) is 0 Å². The fourth-order valence-electron chi connectivity index (χ4n) is 2.00. The van der Waals surface area contributed by atoms with E-state index < -0.39 is 0 Å². The number of ether oxygens (including phenoxy) is 1. The molecule has 0 aliphatic heterocycles. The highest BCUT2D eigenvalue weighted by Gasteiger charge is 2.10. The molecule has 0 saturated carbocycles. The largest absolute Gasteiger partial charge is 0.497 e. The first-order chi connectivity index (χ1) is 9.15. The standard InChI is InChI=1S/C15H15Cl2NO/c1-18-9-10-7-12(19-2)4-6-13(10)14-5-3-11(16)8-15(14)17/h3-8,18H,9H2,1-2H3. The SMILES string of the molecule is CNCc1cc(OC)ccc1-c1ccc(Cl)cc1Cl. The zero-order valence-electron chi connectivity index (χ0n) is 10.8. The van der Waals surface area contributed by atoms with Crippen LogP contribution in [0.1, 0.15) is 5.56 Å². The minimum Gasteiger partial charge on any atom is -0.497 e. The van der Waals surface area contributed by atoms with Crippen molar-refractivity contribution < 1.29 is 4.74 Å². The minimum atomic E-state index is 0.637. The molecule has 0 aromatic heterocycles. The van der Waals surface area contributed by atoms with Gasteiger partial charge in [-0.2, -0.15) is 0 Å². The van der Waals surface area contributed by atoms with Gasteiger partial charge in [0.1, 0.15) is 5.75 Å². The molecule has 4 heteroatoms. The predicted octanol–water partition coefficient (Wildman–Crippen LogP) is 4.39. The zero-order chi connectivity index (χ0) is 13.8. The third kappa shape index (κ3) is 3.21. The van der Waals surface area contributed by atoms with Gasteiger partial charge in [-0.15, -0.1) is 0 Å². The first-order valence-corrected chi connectivity index (χ1v) is 6.68. The molecular formula is C15H15Cl2NO. The van der Waals surface area contributed by atoms with E-state index in [-0.39, 0.29) is 0 Å². The number of hydrogen-bond acceptors (Lipinski definition) is 2. The van der Waals surface area contributed by atoms with E-state index in [1.165, 1.54) is 0 Å². The van der Waals surface area contributed by atoms with Gasteiger partial charge < -0.3 is 10.1 Å². The monoisotopic (exact) mass is 295 g/mol. The van der Waals surface area contributed by atoms with Crippen molar-refractivity contribution in [2.45, 2.75) is 6.54 Å². The van der Waals surface area contributed by atoms with Crippen molar-refractivity contribution in [1.82, 2.24) is 5.32 Å². The third-order valence-corrected chi connectivity index (χ3v) is 3.45. The van der Waals surface area contributed by atoms with Gasteiger partial charge in [-0.05, 0) is 42.4 Å². The van der Waals surface area contributed by atoms with Crippen LogP contribution in [0.5, 0.6) is 5.75 Å². The lowest BCUT2D eigenvalue weighted by Crippen LogP contribution is -2.06. The summed E-state index contributed by atoms with van der Waals surface area (Å²) < 4.78 is 5.26. The van der Waals surface area contributed by atoms with Gasteiger partial charge in [-0.1, -0.05) is 35.3 Å². The van der Waals surface area contributed by atoms with Crippen LogP contribution < -0.4 is 10.1 Å². The average molecular weight is 296 g/mol. The van der Waals surface area contributed by atoms with Crippen LogP contribution in [-0.2, 0) is 6.54 Å². The maximum atomic E-state index is 6.27. The Bertz CT molecular complexity index is 584. The van der Waals surface area contributed by atoms with Gasteiger partial charge in [0.15, 0.2) is 0 Å². The highest BCUT2D eigenvalue weighted by Crippen LogP contribution is 2.34. The first-order valence-electron chi connectivity index (χ1n) is 5.92. The molecule has 0 fully saturated rings. The van der Waals surface area contributed by atoms with Crippen molar-refractivity contribution in [3.05, 3.63) is 52.0 Å². The van der Waals surface area contributed by atoms with Crippen LogP contribution in [0.15, 0.2) is 36.4 Å². The average Bonchev–Trinajstić information content (AvgIpc) is 2.40. The molecule has 0 spiro atoms. The van der Waals surface area contributed by atoms with E-state index in [1.807, 2.05) is 37.4 Å². The minimum absolute atomic E-state index is 0.637. The Hall–Kier alpha value is -1.22. The maximum absolute atomic E-state index is 6.27. The number of hydrogen-bond donors (Lipinski definition) is 1. The van der Waals surface area contributed by atoms with E-state index in [0.717, 1.165) is 29.0 Å². The smallest absolute Gasteiger partial charge is 0.119 e. The highest BCUT2D eigenvalue weighted by atomic mass is 35.5. The molecule has 0 heterocycles. The molecule has 2 aromatic rings. The van der Waals surface area contributed by atoms with E-state index in [4.69, 9.17) is 27.9 Å². The molecule has 0 aliphatic rings. The van der Waals surface area contributed by atoms with E-state index in [0.29, 0.717) is 10.0 Å². The molecule has 0 radical (unpaired) electrons. The summed E-state index contributed by atoms with van der Waals surface area (Å²) in [6.07, 6.45) is 0. The quantitative estimate of drug-likeness (QED) is 0.903. The van der Waals surface area contributed by atoms with Crippen LogP contribution in [0.25, 0.3) is 11.1 Å². The Labute approximate surface area is 123 Å². The second-order valence-corrected chi connectivity index (χ2v) is 5.02. The first kappa shape index (κ1) is 14.2. The van der Waals surface area contributed by atoms with Crippen LogP contribution in [0.2, 0.25) is 10.0 Å². The summed E-state index contributed by atoms with van der Waals surface area (Å²) in [6.45, 7) is 0.742. The molecule has 0 unspecified atom stereocenters. The molecular weight excluding hydrogens is 281 g/mol. The van der Waals surface area contributed by atoms with Gasteiger partial charge >= 0.3 is 0 Å². The lowest BCUT2D eigenvalue weighted by atomic mass is 9.99. The second-order valence-electron chi connectivity index (χ2n) is 4.18. The van der Waals surface area contributed by atoms with Crippen molar-refractivity contribution in [2.24, 2.45) is 0 Å². The lowest BCUT2D eigenvalue weighted by Gasteiger charge is -2.13.